The van der Waals surface area contributed by atoms with Gasteiger partial charge in [-0.15, -0.1) is 0 Å². The van der Waals surface area contributed by atoms with Gasteiger partial charge in [-0.2, -0.15) is 0 Å². The molecule has 1 aliphatic rings. The molecule has 0 saturated carbocycles. The molecular weight excluding hydrogens is 467 g/mol. The molecule has 1 amide bonds. The lowest BCUT2D eigenvalue weighted by Gasteiger charge is -2.26. The second-order valence-electron chi connectivity index (χ2n) is 7.41. The Morgan fingerprint density at radius 3 is 2.30 bits per heavy atom. The molecular formula is C24H18Cl2N2O5. The molecule has 0 radical (unpaired) electrons. The fraction of sp³-hybridized carbons (Fsp3) is 0.125. The number of aromatic nitrogens is 1. The zero-order valence-corrected chi connectivity index (χ0v) is 19.1. The second kappa shape index (κ2) is 8.77. The average Bonchev–Trinajstić information content (AvgIpc) is 3.06. The third-order valence-electron chi connectivity index (χ3n) is 5.33. The van der Waals surface area contributed by atoms with Crippen LogP contribution >= 0.6 is 23.2 Å². The van der Waals surface area contributed by atoms with Gasteiger partial charge in [0.25, 0.3) is 11.7 Å². The number of halogens is 2. The van der Waals surface area contributed by atoms with E-state index in [-0.39, 0.29) is 38.4 Å². The standard InChI is InChI=1S/C24H18Cl2N2O5/c1-12-3-4-18(29)17(9-12)28-20(13-5-7-27-8-6-13)19(22(31)24(28)32)21(30)14-10-15(25)23(33-2)16(26)11-14/h3-11,20,29-30H,1-2H3/b21-19+. The number of ether oxygens (including phenoxy) is 1. The first kappa shape index (κ1) is 22.6. The van der Waals surface area contributed by atoms with E-state index in [2.05, 4.69) is 4.98 Å². The molecule has 33 heavy (non-hydrogen) atoms. The highest BCUT2D eigenvalue weighted by Gasteiger charge is 2.47. The molecule has 2 heterocycles. The Morgan fingerprint density at radius 1 is 1.06 bits per heavy atom. The maximum absolute atomic E-state index is 13.2. The van der Waals surface area contributed by atoms with Crippen molar-refractivity contribution in [3.05, 3.63) is 87.2 Å². The summed E-state index contributed by atoms with van der Waals surface area (Å²) in [7, 11) is 1.40. The molecule has 1 aliphatic heterocycles. The average molecular weight is 485 g/mol. The number of phenols is 1. The number of ketones is 1. The van der Waals surface area contributed by atoms with Gasteiger partial charge in [0.2, 0.25) is 0 Å². The van der Waals surface area contributed by atoms with E-state index in [0.717, 1.165) is 10.5 Å². The fourth-order valence-corrected chi connectivity index (χ4v) is 4.46. The Balaban J connectivity index is 1.98. The molecule has 0 spiro atoms. The molecule has 168 valence electrons. The first-order valence-corrected chi connectivity index (χ1v) is 10.5. The molecule has 1 unspecified atom stereocenters. The van der Waals surface area contributed by atoms with Gasteiger partial charge in [-0.25, -0.2) is 0 Å². The monoisotopic (exact) mass is 484 g/mol. The number of rotatable bonds is 4. The van der Waals surface area contributed by atoms with E-state index in [1.165, 1.54) is 37.7 Å². The highest BCUT2D eigenvalue weighted by atomic mass is 35.5. The number of carbonyl (C=O) groups excluding carboxylic acids is 2. The molecule has 0 bridgehead atoms. The number of aliphatic hydroxyl groups excluding tert-OH is 1. The van der Waals surface area contributed by atoms with Gasteiger partial charge < -0.3 is 14.9 Å². The van der Waals surface area contributed by atoms with E-state index >= 15 is 0 Å². The Labute approximate surface area is 199 Å². The quantitative estimate of drug-likeness (QED) is 0.305. The van der Waals surface area contributed by atoms with Crippen LogP contribution in [0.15, 0.2) is 60.4 Å². The van der Waals surface area contributed by atoms with Crippen LogP contribution in [0.2, 0.25) is 10.0 Å². The summed E-state index contributed by atoms with van der Waals surface area (Å²) in [6.07, 6.45) is 3.01. The van der Waals surface area contributed by atoms with Crippen molar-refractivity contribution in [2.24, 2.45) is 0 Å². The SMILES string of the molecule is COc1c(Cl)cc(/C(O)=C2\C(=O)C(=O)N(c3cc(C)ccc3O)C2c2ccncc2)cc1Cl. The van der Waals surface area contributed by atoms with Crippen LogP contribution in [-0.4, -0.2) is 34.0 Å². The van der Waals surface area contributed by atoms with Crippen molar-refractivity contribution >= 4 is 46.3 Å². The molecule has 7 nitrogen and oxygen atoms in total. The first-order valence-electron chi connectivity index (χ1n) is 9.78. The lowest BCUT2D eigenvalue weighted by Crippen LogP contribution is -2.29. The Bertz CT molecular complexity index is 1280. The van der Waals surface area contributed by atoms with Crippen LogP contribution in [-0.2, 0) is 9.59 Å². The normalized spacial score (nSPS) is 17.5. The topological polar surface area (TPSA) is 100.0 Å². The predicted octanol–water partition coefficient (Wildman–Crippen LogP) is 5.04. The van der Waals surface area contributed by atoms with Gasteiger partial charge >= 0.3 is 0 Å². The molecule has 9 heteroatoms. The van der Waals surface area contributed by atoms with Crippen molar-refractivity contribution in [3.8, 4) is 11.5 Å². The van der Waals surface area contributed by atoms with Crippen molar-refractivity contribution in [1.29, 1.82) is 0 Å². The molecule has 2 N–H and O–H groups in total. The van der Waals surface area contributed by atoms with Crippen molar-refractivity contribution in [1.82, 2.24) is 4.98 Å². The number of pyridine rings is 1. The lowest BCUT2D eigenvalue weighted by atomic mass is 9.95. The number of nitrogens with zero attached hydrogens (tertiary/aromatic N) is 2. The van der Waals surface area contributed by atoms with E-state index in [0.29, 0.717) is 5.56 Å². The number of hydrogen-bond donors (Lipinski definition) is 2. The first-order chi connectivity index (χ1) is 15.7. The lowest BCUT2D eigenvalue weighted by molar-refractivity contribution is -0.132. The van der Waals surface area contributed by atoms with Gasteiger partial charge in [0.05, 0.1) is 34.5 Å². The van der Waals surface area contributed by atoms with Gasteiger partial charge in [-0.3, -0.25) is 19.5 Å². The van der Waals surface area contributed by atoms with Crippen molar-refractivity contribution in [2.45, 2.75) is 13.0 Å². The smallest absolute Gasteiger partial charge is 0.300 e. The largest absolute Gasteiger partial charge is 0.507 e. The van der Waals surface area contributed by atoms with Gasteiger partial charge in [-0.05, 0) is 54.4 Å². The predicted molar refractivity (Wildman–Crippen MR) is 125 cm³/mol. The maximum Gasteiger partial charge on any atom is 0.300 e. The number of benzene rings is 2. The van der Waals surface area contributed by atoms with Crippen LogP contribution in [0.1, 0.15) is 22.7 Å². The zero-order chi connectivity index (χ0) is 23.9. The van der Waals surface area contributed by atoms with Gasteiger partial charge in [0.1, 0.15) is 11.5 Å². The summed E-state index contributed by atoms with van der Waals surface area (Å²) < 4.78 is 5.14. The number of anilines is 1. The summed E-state index contributed by atoms with van der Waals surface area (Å²) >= 11 is 12.4. The number of phenolic OH excluding ortho intramolecular Hbond substituents is 1. The van der Waals surface area contributed by atoms with Crippen molar-refractivity contribution < 1.29 is 24.5 Å². The zero-order valence-electron chi connectivity index (χ0n) is 17.5. The molecule has 4 rings (SSSR count). The summed E-state index contributed by atoms with van der Waals surface area (Å²) in [5.41, 5.74) is 1.38. The minimum atomic E-state index is -1.03. The third-order valence-corrected chi connectivity index (χ3v) is 5.89. The van der Waals surface area contributed by atoms with E-state index in [4.69, 9.17) is 27.9 Å². The van der Waals surface area contributed by atoms with E-state index in [1.54, 1.807) is 31.2 Å². The molecule has 1 fully saturated rings. The molecule has 1 aromatic heterocycles. The summed E-state index contributed by atoms with van der Waals surface area (Å²) in [6, 6.07) is 9.71. The Morgan fingerprint density at radius 2 is 1.70 bits per heavy atom. The highest BCUT2D eigenvalue weighted by molar-refractivity contribution is 6.52. The number of carbonyl (C=O) groups is 2. The molecule has 2 aromatic carbocycles. The van der Waals surface area contributed by atoms with Gasteiger partial charge in [-0.1, -0.05) is 29.3 Å². The van der Waals surface area contributed by atoms with E-state index in [9.17, 15) is 19.8 Å². The van der Waals surface area contributed by atoms with Gasteiger partial charge in [0, 0.05) is 18.0 Å². The minimum absolute atomic E-state index is 0.123. The number of amides is 1. The number of aliphatic hydroxyl groups is 1. The van der Waals surface area contributed by atoms with Crippen LogP contribution in [0.4, 0.5) is 5.69 Å². The van der Waals surface area contributed by atoms with E-state index in [1.807, 2.05) is 0 Å². The number of methoxy groups -OCH3 is 1. The maximum atomic E-state index is 13.2. The number of aryl methyl sites for hydroxylation is 1. The number of Topliss-reactive ketones (excluding diaryl/α,β-unsaturated/α-hetero) is 1. The summed E-state index contributed by atoms with van der Waals surface area (Å²) in [5.74, 6) is -2.25. The van der Waals surface area contributed by atoms with Crippen LogP contribution in [0.3, 0.4) is 0 Å². The number of aromatic hydroxyl groups is 1. The van der Waals surface area contributed by atoms with Crippen LogP contribution in [0.25, 0.3) is 5.76 Å². The summed E-state index contributed by atoms with van der Waals surface area (Å²) in [6.45, 7) is 1.79. The Kier molecular flexibility index (Phi) is 6.01. The van der Waals surface area contributed by atoms with Gasteiger partial charge in [0.15, 0.2) is 5.75 Å². The van der Waals surface area contributed by atoms with Crippen LogP contribution in [0, 0.1) is 6.92 Å². The van der Waals surface area contributed by atoms with E-state index < -0.39 is 23.5 Å². The second-order valence-corrected chi connectivity index (χ2v) is 8.23. The minimum Gasteiger partial charge on any atom is -0.507 e. The molecule has 1 atom stereocenters. The summed E-state index contributed by atoms with van der Waals surface area (Å²) in [5, 5.41) is 21.9. The molecule has 3 aromatic rings. The third kappa shape index (κ3) is 3.90. The molecule has 0 aliphatic carbocycles. The summed E-state index contributed by atoms with van der Waals surface area (Å²) in [4.78, 5) is 31.5. The molecule has 1 saturated heterocycles. The van der Waals surface area contributed by atoms with Crippen LogP contribution < -0.4 is 9.64 Å². The van der Waals surface area contributed by atoms with Crippen molar-refractivity contribution in [3.63, 3.8) is 0 Å². The van der Waals surface area contributed by atoms with Crippen LogP contribution in [0.5, 0.6) is 11.5 Å². The fourth-order valence-electron chi connectivity index (χ4n) is 3.82. The van der Waals surface area contributed by atoms with Crippen molar-refractivity contribution in [2.75, 3.05) is 12.0 Å². The number of hydrogen-bond acceptors (Lipinski definition) is 6. The highest BCUT2D eigenvalue weighted by Crippen LogP contribution is 2.45. The Hall–Kier alpha value is -3.55.